The number of sulfone groups is 1. The number of nitrogens with zero attached hydrogens (tertiary/aromatic N) is 2. The molecule has 4 rings (SSSR count). The van der Waals surface area contributed by atoms with Gasteiger partial charge in [0.05, 0.1) is 30.9 Å². The van der Waals surface area contributed by atoms with E-state index in [2.05, 4.69) is 5.32 Å². The molecule has 188 valence electrons. The van der Waals surface area contributed by atoms with Gasteiger partial charge >= 0.3 is 6.03 Å². The van der Waals surface area contributed by atoms with Crippen molar-refractivity contribution in [1.29, 1.82) is 0 Å². The van der Waals surface area contributed by atoms with Crippen molar-refractivity contribution in [3.63, 3.8) is 0 Å². The quantitative estimate of drug-likeness (QED) is 0.561. The number of amides is 2. The number of methoxy groups -OCH3 is 2. The normalized spacial score (nSPS) is 15.4. The Morgan fingerprint density at radius 2 is 1.61 bits per heavy atom. The Morgan fingerprint density at radius 1 is 0.972 bits per heavy atom. The van der Waals surface area contributed by atoms with Crippen LogP contribution < -0.4 is 14.8 Å². The molecule has 3 aromatic carbocycles. The van der Waals surface area contributed by atoms with Crippen LogP contribution in [0.25, 0.3) is 11.1 Å². The summed E-state index contributed by atoms with van der Waals surface area (Å²) in [5.41, 5.74) is 4.90. The Morgan fingerprint density at radius 3 is 2.22 bits per heavy atom. The molecule has 1 aliphatic heterocycles. The molecule has 1 aliphatic rings. The second-order valence-corrected chi connectivity index (χ2v) is 10.7. The molecule has 0 bridgehead atoms. The molecule has 3 aromatic rings. The van der Waals surface area contributed by atoms with E-state index in [9.17, 15) is 13.2 Å². The van der Waals surface area contributed by atoms with Gasteiger partial charge in [0.25, 0.3) is 0 Å². The van der Waals surface area contributed by atoms with Gasteiger partial charge in [-0.2, -0.15) is 5.10 Å². The number of hydrogen-bond acceptors (Lipinski definition) is 6. The van der Waals surface area contributed by atoms with Crippen LogP contribution in [0.15, 0.2) is 70.7 Å². The van der Waals surface area contributed by atoms with Crippen molar-refractivity contribution in [3.8, 4) is 22.6 Å². The Bertz CT molecular complexity index is 1430. The van der Waals surface area contributed by atoms with Gasteiger partial charge in [-0.1, -0.05) is 36.4 Å². The summed E-state index contributed by atoms with van der Waals surface area (Å²) >= 11 is 0. The van der Waals surface area contributed by atoms with Crippen LogP contribution in [0, 0.1) is 0 Å². The van der Waals surface area contributed by atoms with E-state index in [1.165, 1.54) is 11.3 Å². The van der Waals surface area contributed by atoms with Gasteiger partial charge in [-0.3, -0.25) is 0 Å². The Labute approximate surface area is 211 Å². The first kappa shape index (κ1) is 25.2. The van der Waals surface area contributed by atoms with E-state index in [0.717, 1.165) is 27.8 Å². The first-order chi connectivity index (χ1) is 17.2. The van der Waals surface area contributed by atoms with Crippen LogP contribution in [-0.2, 0) is 16.3 Å². The van der Waals surface area contributed by atoms with E-state index in [-0.39, 0.29) is 17.0 Å². The van der Waals surface area contributed by atoms with Crippen LogP contribution in [0.4, 0.5) is 4.79 Å². The monoisotopic (exact) mass is 507 g/mol. The molecule has 0 saturated carbocycles. The first-order valence-electron chi connectivity index (χ1n) is 11.4. The summed E-state index contributed by atoms with van der Waals surface area (Å²) in [6, 6.07) is 17.8. The second kappa shape index (κ2) is 10.0. The third kappa shape index (κ3) is 4.92. The summed E-state index contributed by atoms with van der Waals surface area (Å²) in [4.78, 5) is 12.9. The average molecular weight is 508 g/mol. The highest BCUT2D eigenvalue weighted by atomic mass is 32.2. The van der Waals surface area contributed by atoms with Gasteiger partial charge in [-0.25, -0.2) is 18.2 Å². The molecule has 0 aromatic heterocycles. The maximum absolute atomic E-state index is 12.7. The number of carbonyl (C=O) groups is 1. The van der Waals surface area contributed by atoms with Crippen molar-refractivity contribution < 1.29 is 22.7 Å². The number of carbonyl (C=O) groups excluding carboxylic acids is 1. The number of urea groups is 1. The highest BCUT2D eigenvalue weighted by Crippen LogP contribution is 2.35. The number of rotatable bonds is 5. The van der Waals surface area contributed by atoms with Crippen LogP contribution in [0.2, 0.25) is 0 Å². The topological polar surface area (TPSA) is 97.3 Å². The van der Waals surface area contributed by atoms with Gasteiger partial charge in [0.15, 0.2) is 21.3 Å². The molecule has 1 atom stereocenters. The van der Waals surface area contributed by atoms with Crippen molar-refractivity contribution in [1.82, 2.24) is 10.3 Å². The van der Waals surface area contributed by atoms with Crippen LogP contribution in [-0.4, -0.2) is 58.7 Å². The minimum absolute atomic E-state index is 0.197. The Hall–Kier alpha value is -3.85. The number of hydrazone groups is 1. The molecule has 0 spiro atoms. The summed E-state index contributed by atoms with van der Waals surface area (Å²) in [6.45, 7) is 1.94. The van der Waals surface area contributed by atoms with Crippen molar-refractivity contribution in [2.24, 2.45) is 5.10 Å². The molecule has 36 heavy (non-hydrogen) atoms. The predicted molar refractivity (Wildman–Crippen MR) is 140 cm³/mol. The summed E-state index contributed by atoms with van der Waals surface area (Å²) in [7, 11) is 1.43. The van der Waals surface area contributed by atoms with Crippen LogP contribution in [0.1, 0.15) is 23.6 Å². The van der Waals surface area contributed by atoms with Crippen LogP contribution in [0.3, 0.4) is 0 Å². The molecule has 8 nitrogen and oxygen atoms in total. The standard InChI is InChI=1S/C27H29N3O5S/c1-17-13-21-15-24(34-3)25(35-4)16-23(21)26(29-30(17)27(31)28-2)19-11-9-18(10-12-19)20-7-6-8-22(14-20)36(5,32)33/h6-12,14-17H,13H2,1-5H3,(H,28,31). The van der Waals surface area contributed by atoms with E-state index in [1.54, 1.807) is 39.5 Å². The number of ether oxygens (including phenoxy) is 2. The van der Waals surface area contributed by atoms with Gasteiger partial charge in [0.2, 0.25) is 0 Å². The largest absolute Gasteiger partial charge is 0.493 e. The highest BCUT2D eigenvalue weighted by molar-refractivity contribution is 7.90. The molecule has 1 N–H and O–H groups in total. The van der Waals surface area contributed by atoms with E-state index >= 15 is 0 Å². The van der Waals surface area contributed by atoms with Crippen molar-refractivity contribution in [2.75, 3.05) is 27.5 Å². The zero-order valence-corrected chi connectivity index (χ0v) is 21.7. The third-order valence-electron chi connectivity index (χ3n) is 6.18. The lowest BCUT2D eigenvalue weighted by Gasteiger charge is -2.22. The zero-order chi connectivity index (χ0) is 26.0. The average Bonchev–Trinajstić information content (AvgIpc) is 3.02. The molecule has 0 fully saturated rings. The molecular weight excluding hydrogens is 478 g/mol. The molecule has 9 heteroatoms. The minimum atomic E-state index is -3.32. The number of benzene rings is 3. The summed E-state index contributed by atoms with van der Waals surface area (Å²) in [6.07, 6.45) is 1.77. The fourth-order valence-corrected chi connectivity index (χ4v) is 4.94. The molecule has 2 amide bonds. The SMILES string of the molecule is CNC(=O)N1N=C(c2ccc(-c3cccc(S(C)(=O)=O)c3)cc2)c2cc(OC)c(OC)cc2CC1C. The van der Waals surface area contributed by atoms with Crippen molar-refractivity contribution >= 4 is 21.6 Å². The zero-order valence-electron chi connectivity index (χ0n) is 20.9. The molecule has 1 unspecified atom stereocenters. The molecule has 1 heterocycles. The maximum atomic E-state index is 12.7. The van der Waals surface area contributed by atoms with Gasteiger partial charge in [0.1, 0.15) is 0 Å². The van der Waals surface area contributed by atoms with Gasteiger partial charge in [0, 0.05) is 24.4 Å². The van der Waals surface area contributed by atoms with Crippen LogP contribution >= 0.6 is 0 Å². The van der Waals surface area contributed by atoms with E-state index in [4.69, 9.17) is 14.6 Å². The summed E-state index contributed by atoms with van der Waals surface area (Å²) in [5, 5.41) is 8.90. The fraction of sp³-hybridized carbons (Fsp3) is 0.259. The van der Waals surface area contributed by atoms with Gasteiger partial charge < -0.3 is 14.8 Å². The highest BCUT2D eigenvalue weighted by Gasteiger charge is 2.28. The lowest BCUT2D eigenvalue weighted by atomic mass is 9.93. The summed E-state index contributed by atoms with van der Waals surface area (Å²) < 4.78 is 35.0. The maximum Gasteiger partial charge on any atom is 0.337 e. The van der Waals surface area contributed by atoms with E-state index in [1.807, 2.05) is 49.4 Å². The number of hydrogen-bond donors (Lipinski definition) is 1. The smallest absolute Gasteiger partial charge is 0.337 e. The van der Waals surface area contributed by atoms with Crippen molar-refractivity contribution in [3.05, 3.63) is 77.4 Å². The number of fused-ring (bicyclic) bond motifs is 1. The fourth-order valence-electron chi connectivity index (χ4n) is 4.28. The Balaban J connectivity index is 1.84. The molecule has 0 radical (unpaired) electrons. The summed E-state index contributed by atoms with van der Waals surface area (Å²) in [5.74, 6) is 1.18. The molecule has 0 aliphatic carbocycles. The van der Waals surface area contributed by atoms with Gasteiger partial charge in [-0.05, 0) is 54.3 Å². The second-order valence-electron chi connectivity index (χ2n) is 8.64. The lowest BCUT2D eigenvalue weighted by molar-refractivity contribution is 0.184. The van der Waals surface area contributed by atoms with E-state index in [0.29, 0.717) is 23.6 Å². The number of nitrogens with one attached hydrogen (secondary N) is 1. The van der Waals surface area contributed by atoms with Gasteiger partial charge in [-0.15, -0.1) is 0 Å². The molecule has 0 saturated heterocycles. The first-order valence-corrected chi connectivity index (χ1v) is 13.3. The van der Waals surface area contributed by atoms with Crippen molar-refractivity contribution in [2.45, 2.75) is 24.3 Å². The Kier molecular flexibility index (Phi) is 7.03. The lowest BCUT2D eigenvalue weighted by Crippen LogP contribution is -2.41. The minimum Gasteiger partial charge on any atom is -0.493 e. The van der Waals surface area contributed by atoms with E-state index < -0.39 is 9.84 Å². The predicted octanol–water partition coefficient (Wildman–Crippen LogP) is 4.11. The van der Waals surface area contributed by atoms with Crippen LogP contribution in [0.5, 0.6) is 11.5 Å². The molecular formula is C27H29N3O5S. The third-order valence-corrected chi connectivity index (χ3v) is 7.29.